The van der Waals surface area contributed by atoms with Gasteiger partial charge in [-0.25, -0.2) is 9.18 Å². The van der Waals surface area contributed by atoms with Gasteiger partial charge in [0.1, 0.15) is 17.6 Å². The third-order valence-electron chi connectivity index (χ3n) is 5.70. The molecule has 3 heterocycles. The van der Waals surface area contributed by atoms with E-state index in [-0.39, 0.29) is 0 Å². The molecular formula is C23H28FN7O3. The van der Waals surface area contributed by atoms with E-state index in [4.69, 9.17) is 9.47 Å². The molecule has 1 amide bonds. The van der Waals surface area contributed by atoms with E-state index in [9.17, 15) is 9.18 Å². The fourth-order valence-corrected chi connectivity index (χ4v) is 3.75. The van der Waals surface area contributed by atoms with Gasteiger partial charge in [0.25, 0.3) is 0 Å². The standard InChI is InChI=1S/C23H28FN7O3/c1-4-30(5-2)10-11-33-15-18-14-31(23(32)34-18)17-7-8-19(20(24)12-17)16-6-9-21(25-13-16)22-26-28-29(3)27-22/h6-9,12-13,18H,4-5,10-11,14-15H2,1-3H3/t18-/m1/s1. The van der Waals surface area contributed by atoms with Crippen LogP contribution < -0.4 is 4.90 Å². The predicted octanol–water partition coefficient (Wildman–Crippen LogP) is 2.76. The number of ether oxygens (including phenoxy) is 2. The van der Waals surface area contributed by atoms with Crippen molar-refractivity contribution in [3.63, 3.8) is 0 Å². The highest BCUT2D eigenvalue weighted by atomic mass is 19.1. The Kier molecular flexibility index (Phi) is 7.43. The summed E-state index contributed by atoms with van der Waals surface area (Å²) in [6, 6.07) is 8.11. The summed E-state index contributed by atoms with van der Waals surface area (Å²) in [5.74, 6) is -0.0691. The number of amides is 1. The lowest BCUT2D eigenvalue weighted by atomic mass is 10.1. The lowest BCUT2D eigenvalue weighted by Gasteiger charge is -2.18. The van der Waals surface area contributed by atoms with Gasteiger partial charge >= 0.3 is 6.09 Å². The largest absolute Gasteiger partial charge is 0.441 e. The van der Waals surface area contributed by atoms with Gasteiger partial charge in [0.05, 0.1) is 32.5 Å². The molecule has 2 aromatic heterocycles. The number of hydrogen-bond donors (Lipinski definition) is 0. The first-order chi connectivity index (χ1) is 16.5. The van der Waals surface area contributed by atoms with Gasteiger partial charge in [-0.2, -0.15) is 4.80 Å². The smallest absolute Gasteiger partial charge is 0.414 e. The molecule has 1 fully saturated rings. The average Bonchev–Trinajstić information content (AvgIpc) is 3.44. The summed E-state index contributed by atoms with van der Waals surface area (Å²) in [5.41, 5.74) is 1.95. The third-order valence-corrected chi connectivity index (χ3v) is 5.70. The minimum atomic E-state index is -0.507. The Balaban J connectivity index is 1.37. The maximum Gasteiger partial charge on any atom is 0.414 e. The molecule has 1 aliphatic rings. The van der Waals surface area contributed by atoms with Crippen LogP contribution in [0.2, 0.25) is 0 Å². The van der Waals surface area contributed by atoms with Crippen molar-refractivity contribution < 1.29 is 18.7 Å². The van der Waals surface area contributed by atoms with Gasteiger partial charge in [-0.3, -0.25) is 9.88 Å². The Labute approximate surface area is 197 Å². The molecule has 34 heavy (non-hydrogen) atoms. The highest BCUT2D eigenvalue weighted by Crippen LogP contribution is 2.29. The Bertz CT molecular complexity index is 1120. The van der Waals surface area contributed by atoms with Gasteiger partial charge in [-0.1, -0.05) is 19.9 Å². The summed E-state index contributed by atoms with van der Waals surface area (Å²) < 4.78 is 26.0. The summed E-state index contributed by atoms with van der Waals surface area (Å²) in [7, 11) is 1.67. The maximum absolute atomic E-state index is 15.0. The number of benzene rings is 1. The van der Waals surface area contributed by atoms with Crippen LogP contribution in [0.4, 0.5) is 14.9 Å². The number of aryl methyl sites for hydroxylation is 1. The van der Waals surface area contributed by atoms with Crippen molar-refractivity contribution in [1.29, 1.82) is 0 Å². The molecule has 0 N–H and O–H groups in total. The quantitative estimate of drug-likeness (QED) is 0.418. The van der Waals surface area contributed by atoms with Crippen molar-refractivity contribution in [2.24, 2.45) is 7.05 Å². The van der Waals surface area contributed by atoms with Crippen LogP contribution >= 0.6 is 0 Å². The number of pyridine rings is 1. The van der Waals surface area contributed by atoms with E-state index < -0.39 is 18.0 Å². The monoisotopic (exact) mass is 469 g/mol. The van der Waals surface area contributed by atoms with Crippen molar-refractivity contribution in [3.8, 4) is 22.6 Å². The number of aromatic nitrogens is 5. The molecule has 0 aliphatic carbocycles. The normalized spacial score (nSPS) is 15.9. The topological polar surface area (TPSA) is 98.5 Å². The maximum atomic E-state index is 15.0. The fraction of sp³-hybridized carbons (Fsp3) is 0.435. The molecule has 1 atom stereocenters. The Hall–Kier alpha value is -3.44. The zero-order valence-electron chi connectivity index (χ0n) is 19.5. The molecule has 1 saturated heterocycles. The fourth-order valence-electron chi connectivity index (χ4n) is 3.75. The number of nitrogens with zero attached hydrogens (tertiary/aromatic N) is 7. The first-order valence-corrected chi connectivity index (χ1v) is 11.3. The van der Waals surface area contributed by atoms with Gasteiger partial charge in [0.2, 0.25) is 5.82 Å². The molecule has 0 saturated carbocycles. The van der Waals surface area contributed by atoms with Crippen molar-refractivity contribution in [1.82, 2.24) is 30.1 Å². The lowest BCUT2D eigenvalue weighted by molar-refractivity contribution is 0.0371. The van der Waals surface area contributed by atoms with Crippen molar-refractivity contribution >= 4 is 11.8 Å². The van der Waals surface area contributed by atoms with Crippen LogP contribution in [0.25, 0.3) is 22.6 Å². The highest BCUT2D eigenvalue weighted by Gasteiger charge is 2.33. The van der Waals surface area contributed by atoms with E-state index in [2.05, 4.69) is 39.1 Å². The number of likely N-dealkylation sites (N-methyl/N-ethyl adjacent to an activating group) is 1. The molecule has 3 aromatic rings. The molecule has 1 aromatic carbocycles. The SMILES string of the molecule is CCN(CC)CCOC[C@H]1CN(c2ccc(-c3ccc(-c4nnn(C)n4)nc3)c(F)c2)C(=O)O1. The number of anilines is 1. The molecular weight excluding hydrogens is 441 g/mol. The van der Waals surface area contributed by atoms with Crippen LogP contribution in [-0.4, -0.2) is 81.7 Å². The Morgan fingerprint density at radius 3 is 2.71 bits per heavy atom. The minimum Gasteiger partial charge on any atom is -0.441 e. The van der Waals surface area contributed by atoms with Crippen LogP contribution in [0, 0.1) is 5.82 Å². The van der Waals surface area contributed by atoms with E-state index in [1.165, 1.54) is 15.8 Å². The summed E-state index contributed by atoms with van der Waals surface area (Å²) in [6.45, 7) is 8.15. The molecule has 0 spiro atoms. The van der Waals surface area contributed by atoms with E-state index in [0.717, 1.165) is 19.6 Å². The van der Waals surface area contributed by atoms with Crippen LogP contribution in [0.1, 0.15) is 13.8 Å². The number of rotatable bonds is 10. The van der Waals surface area contributed by atoms with E-state index >= 15 is 0 Å². The lowest BCUT2D eigenvalue weighted by Crippen LogP contribution is -2.29. The molecule has 1 aliphatic heterocycles. The molecule has 10 nitrogen and oxygen atoms in total. The van der Waals surface area contributed by atoms with E-state index in [1.807, 2.05) is 0 Å². The van der Waals surface area contributed by atoms with Crippen molar-refractivity contribution in [2.75, 3.05) is 44.3 Å². The first kappa shape index (κ1) is 23.7. The van der Waals surface area contributed by atoms with Crippen LogP contribution in [0.5, 0.6) is 0 Å². The van der Waals surface area contributed by atoms with E-state index in [0.29, 0.717) is 48.1 Å². The number of tetrazole rings is 1. The van der Waals surface area contributed by atoms with Crippen LogP contribution in [0.3, 0.4) is 0 Å². The Morgan fingerprint density at radius 2 is 2.06 bits per heavy atom. The van der Waals surface area contributed by atoms with Gasteiger partial charge in [0.15, 0.2) is 0 Å². The minimum absolute atomic E-state index is 0.308. The van der Waals surface area contributed by atoms with Crippen LogP contribution in [0.15, 0.2) is 36.5 Å². The van der Waals surface area contributed by atoms with Gasteiger partial charge in [-0.15, -0.1) is 10.2 Å². The Morgan fingerprint density at radius 1 is 1.24 bits per heavy atom. The zero-order valence-corrected chi connectivity index (χ0v) is 19.5. The molecule has 0 bridgehead atoms. The zero-order chi connectivity index (χ0) is 24.1. The molecule has 0 unspecified atom stereocenters. The summed E-state index contributed by atoms with van der Waals surface area (Å²) in [5, 5.41) is 11.8. The van der Waals surface area contributed by atoms with Gasteiger partial charge in [0, 0.05) is 23.9 Å². The van der Waals surface area contributed by atoms with Gasteiger partial charge < -0.3 is 14.4 Å². The first-order valence-electron chi connectivity index (χ1n) is 11.3. The second-order valence-corrected chi connectivity index (χ2v) is 7.92. The van der Waals surface area contributed by atoms with E-state index in [1.54, 1.807) is 37.5 Å². The second kappa shape index (κ2) is 10.7. The molecule has 4 rings (SSSR count). The average molecular weight is 470 g/mol. The third kappa shape index (κ3) is 5.37. The van der Waals surface area contributed by atoms with Crippen molar-refractivity contribution in [2.45, 2.75) is 20.0 Å². The molecule has 11 heteroatoms. The summed E-state index contributed by atoms with van der Waals surface area (Å²) in [6.07, 6.45) is 0.657. The highest BCUT2D eigenvalue weighted by molar-refractivity contribution is 5.90. The molecule has 0 radical (unpaired) electrons. The summed E-state index contributed by atoms with van der Waals surface area (Å²) in [4.78, 5) is 21.7. The molecule has 180 valence electrons. The van der Waals surface area contributed by atoms with Crippen molar-refractivity contribution in [3.05, 3.63) is 42.3 Å². The van der Waals surface area contributed by atoms with Crippen LogP contribution in [-0.2, 0) is 16.5 Å². The van der Waals surface area contributed by atoms with Gasteiger partial charge in [-0.05, 0) is 42.6 Å². The number of carbonyl (C=O) groups is 1. The number of carbonyl (C=O) groups excluding carboxylic acids is 1. The summed E-state index contributed by atoms with van der Waals surface area (Å²) >= 11 is 0. The number of halogens is 1. The number of cyclic esters (lactones) is 1. The second-order valence-electron chi connectivity index (χ2n) is 7.92. The predicted molar refractivity (Wildman–Crippen MR) is 124 cm³/mol. The number of hydrogen-bond acceptors (Lipinski definition) is 8.